The van der Waals surface area contributed by atoms with Crippen LogP contribution in [0.25, 0.3) is 0 Å². The van der Waals surface area contributed by atoms with Crippen LogP contribution in [0.2, 0.25) is 0 Å². The molecule has 138 valence electrons. The number of likely N-dealkylation sites (tertiary alicyclic amines) is 1. The van der Waals surface area contributed by atoms with Gasteiger partial charge in [0.05, 0.1) is 18.9 Å². The van der Waals surface area contributed by atoms with Crippen molar-refractivity contribution in [2.45, 2.75) is 18.9 Å². The zero-order chi connectivity index (χ0) is 18.7. The van der Waals surface area contributed by atoms with E-state index in [9.17, 15) is 28.2 Å². The number of aliphatic hydroxyl groups excluding tert-OH is 1. The van der Waals surface area contributed by atoms with Crippen LogP contribution in [0.1, 0.15) is 12.0 Å². The lowest BCUT2D eigenvalue weighted by Gasteiger charge is -2.43. The smallest absolute Gasteiger partial charge is 0.314 e. The van der Waals surface area contributed by atoms with Crippen LogP contribution in [-0.2, 0) is 26.0 Å². The molecule has 1 aliphatic rings. The van der Waals surface area contributed by atoms with Crippen LogP contribution < -0.4 is 4.72 Å². The van der Waals surface area contributed by atoms with E-state index < -0.39 is 40.0 Å². The number of carbonyl (C=O) groups excluding carboxylic acids is 1. The van der Waals surface area contributed by atoms with E-state index in [1.165, 1.54) is 4.90 Å². The molecular formula is C16H22N2O6S. The number of piperidine rings is 1. The third-order valence-corrected chi connectivity index (χ3v) is 5.08. The van der Waals surface area contributed by atoms with E-state index in [-0.39, 0.29) is 25.9 Å². The Hall–Kier alpha value is -1.97. The molecular weight excluding hydrogens is 348 g/mol. The lowest BCUT2D eigenvalue weighted by molar-refractivity contribution is -0.165. The van der Waals surface area contributed by atoms with Crippen molar-refractivity contribution in [2.24, 2.45) is 5.41 Å². The first-order chi connectivity index (χ1) is 11.6. The van der Waals surface area contributed by atoms with E-state index in [2.05, 4.69) is 4.72 Å². The monoisotopic (exact) mass is 370 g/mol. The number of aliphatic carboxylic acids is 1. The average Bonchev–Trinajstić information content (AvgIpc) is 2.54. The number of carboxylic acids is 1. The van der Waals surface area contributed by atoms with E-state index >= 15 is 0 Å². The molecule has 1 fully saturated rings. The molecule has 25 heavy (non-hydrogen) atoms. The van der Waals surface area contributed by atoms with Gasteiger partial charge in [0.15, 0.2) is 0 Å². The second kappa shape index (κ2) is 7.51. The van der Waals surface area contributed by atoms with Crippen LogP contribution >= 0.6 is 0 Å². The first kappa shape index (κ1) is 19.4. The summed E-state index contributed by atoms with van der Waals surface area (Å²) in [4.78, 5) is 25.5. The second-order valence-corrected chi connectivity index (χ2v) is 8.17. The highest BCUT2D eigenvalue weighted by atomic mass is 32.2. The highest BCUT2D eigenvalue weighted by Gasteiger charge is 2.50. The number of aliphatic hydroxyl groups is 1. The number of hydrogen-bond acceptors (Lipinski definition) is 5. The van der Waals surface area contributed by atoms with Gasteiger partial charge < -0.3 is 15.1 Å². The molecule has 0 aliphatic carbocycles. The van der Waals surface area contributed by atoms with Crippen molar-refractivity contribution >= 4 is 21.9 Å². The number of nitrogens with one attached hydrogen (secondary N) is 1. The fourth-order valence-corrected chi connectivity index (χ4v) is 3.40. The average molecular weight is 370 g/mol. The first-order valence-corrected chi connectivity index (χ1v) is 9.71. The van der Waals surface area contributed by atoms with Crippen LogP contribution in [0.4, 0.5) is 0 Å². The van der Waals surface area contributed by atoms with E-state index in [0.29, 0.717) is 0 Å². The van der Waals surface area contributed by atoms with Crippen LogP contribution in [0.5, 0.6) is 0 Å². The topological polar surface area (TPSA) is 124 Å². The summed E-state index contributed by atoms with van der Waals surface area (Å²) in [5, 5.41) is 20.1. The van der Waals surface area contributed by atoms with E-state index in [0.717, 1.165) is 11.8 Å². The van der Waals surface area contributed by atoms with Gasteiger partial charge in [-0.2, -0.15) is 0 Å². The third-order valence-electron chi connectivity index (χ3n) is 4.41. The number of hydrogen-bond donors (Lipinski definition) is 3. The van der Waals surface area contributed by atoms with Crippen molar-refractivity contribution in [3.8, 4) is 0 Å². The highest BCUT2D eigenvalue weighted by molar-refractivity contribution is 7.88. The number of benzene rings is 1. The van der Waals surface area contributed by atoms with Crippen LogP contribution in [0.3, 0.4) is 0 Å². The molecule has 1 aliphatic heterocycles. The maximum absolute atomic E-state index is 12.2. The second-order valence-electron chi connectivity index (χ2n) is 6.34. The van der Waals surface area contributed by atoms with Gasteiger partial charge in [0.2, 0.25) is 15.9 Å². The summed E-state index contributed by atoms with van der Waals surface area (Å²) in [6, 6.07) is 8.89. The van der Waals surface area contributed by atoms with Gasteiger partial charge in [0, 0.05) is 13.1 Å². The summed E-state index contributed by atoms with van der Waals surface area (Å²) in [7, 11) is -3.53. The summed E-state index contributed by atoms with van der Waals surface area (Å²) in [5.74, 6) is -1.70. The Morgan fingerprint density at radius 3 is 2.52 bits per heavy atom. The maximum Gasteiger partial charge on any atom is 0.314 e. The molecule has 0 unspecified atom stereocenters. The predicted octanol–water partition coefficient (Wildman–Crippen LogP) is -0.557. The lowest BCUT2D eigenvalue weighted by atomic mass is 9.73. The van der Waals surface area contributed by atoms with Crippen molar-refractivity contribution in [1.82, 2.24) is 9.62 Å². The minimum Gasteiger partial charge on any atom is -0.481 e. The SMILES string of the molecule is CS(=O)(=O)NCC(=O)N1CC[C@@H](O)[C@](Cc2ccccc2)(C(=O)O)C1. The molecule has 1 saturated heterocycles. The van der Waals surface area contributed by atoms with Crippen LogP contribution in [0, 0.1) is 5.41 Å². The van der Waals surface area contributed by atoms with Crippen molar-refractivity contribution in [3.05, 3.63) is 35.9 Å². The van der Waals surface area contributed by atoms with E-state index in [4.69, 9.17) is 0 Å². The van der Waals surface area contributed by atoms with Crippen molar-refractivity contribution in [3.63, 3.8) is 0 Å². The number of sulfonamides is 1. The third kappa shape index (κ3) is 4.77. The quantitative estimate of drug-likeness (QED) is 0.617. The Kier molecular flexibility index (Phi) is 5.81. The fourth-order valence-electron chi connectivity index (χ4n) is 3.02. The van der Waals surface area contributed by atoms with Crippen LogP contribution in [0.15, 0.2) is 30.3 Å². The summed E-state index contributed by atoms with van der Waals surface area (Å²) < 4.78 is 24.4. The Labute approximate surface area is 146 Å². The van der Waals surface area contributed by atoms with Crippen molar-refractivity contribution in [1.29, 1.82) is 0 Å². The molecule has 0 saturated carbocycles. The van der Waals surface area contributed by atoms with Gasteiger partial charge in [0.25, 0.3) is 0 Å². The van der Waals surface area contributed by atoms with Crippen molar-refractivity contribution < 1.29 is 28.2 Å². The number of nitrogens with zero attached hydrogens (tertiary/aromatic N) is 1. The Bertz CT molecular complexity index is 736. The van der Waals surface area contributed by atoms with Gasteiger partial charge in [0.1, 0.15) is 5.41 Å². The number of amides is 1. The van der Waals surface area contributed by atoms with E-state index in [1.807, 2.05) is 0 Å². The highest BCUT2D eigenvalue weighted by Crippen LogP contribution is 2.34. The van der Waals surface area contributed by atoms with Gasteiger partial charge >= 0.3 is 5.97 Å². The zero-order valence-electron chi connectivity index (χ0n) is 13.9. The molecule has 0 aromatic heterocycles. The molecule has 0 radical (unpaired) electrons. The Morgan fingerprint density at radius 2 is 1.96 bits per heavy atom. The van der Waals surface area contributed by atoms with Crippen molar-refractivity contribution in [2.75, 3.05) is 25.9 Å². The van der Waals surface area contributed by atoms with E-state index in [1.54, 1.807) is 30.3 Å². The summed E-state index contributed by atoms with van der Waals surface area (Å²) in [6.07, 6.45) is 0.0336. The predicted molar refractivity (Wildman–Crippen MR) is 90.3 cm³/mol. The largest absolute Gasteiger partial charge is 0.481 e. The molecule has 2 atom stereocenters. The Morgan fingerprint density at radius 1 is 1.32 bits per heavy atom. The normalized spacial score (nSPS) is 24.1. The Balaban J connectivity index is 2.20. The molecule has 9 heteroatoms. The van der Waals surface area contributed by atoms with Gasteiger partial charge in [-0.25, -0.2) is 13.1 Å². The molecule has 1 aromatic rings. The molecule has 8 nitrogen and oxygen atoms in total. The molecule has 0 bridgehead atoms. The zero-order valence-corrected chi connectivity index (χ0v) is 14.7. The standard InChI is InChI=1S/C16H22N2O6S/c1-25(23,24)17-10-14(20)18-8-7-13(19)16(11-18,15(21)22)9-12-5-3-2-4-6-12/h2-6,13,17,19H,7-11H2,1H3,(H,21,22)/t13-,16-/m1/s1. The van der Waals surface area contributed by atoms with Gasteiger partial charge in [-0.3, -0.25) is 9.59 Å². The number of rotatable bonds is 6. The molecule has 3 N–H and O–H groups in total. The molecule has 0 spiro atoms. The summed E-state index contributed by atoms with van der Waals surface area (Å²) in [6.45, 7) is -0.437. The summed E-state index contributed by atoms with van der Waals surface area (Å²) in [5.41, 5.74) is -0.784. The molecule has 1 heterocycles. The molecule has 1 amide bonds. The van der Waals surface area contributed by atoms with Gasteiger partial charge in [-0.1, -0.05) is 30.3 Å². The lowest BCUT2D eigenvalue weighted by Crippen LogP contribution is -2.59. The number of carboxylic acid groups (broad SMARTS) is 1. The summed E-state index contributed by atoms with van der Waals surface area (Å²) >= 11 is 0. The minimum absolute atomic E-state index is 0.0770. The maximum atomic E-state index is 12.2. The number of carbonyl (C=O) groups is 2. The molecule has 1 aromatic carbocycles. The van der Waals surface area contributed by atoms with Gasteiger partial charge in [-0.15, -0.1) is 0 Å². The molecule has 2 rings (SSSR count). The fraction of sp³-hybridized carbons (Fsp3) is 0.500. The first-order valence-electron chi connectivity index (χ1n) is 7.82. The van der Waals surface area contributed by atoms with Crippen LogP contribution in [-0.4, -0.2) is 67.4 Å². The van der Waals surface area contributed by atoms with Gasteiger partial charge in [-0.05, 0) is 18.4 Å². The minimum atomic E-state index is -3.53.